The maximum Gasteiger partial charge on any atom is 0.128 e. The van der Waals surface area contributed by atoms with Crippen molar-refractivity contribution in [1.82, 2.24) is 4.98 Å². The van der Waals surface area contributed by atoms with Crippen molar-refractivity contribution in [2.45, 2.75) is 0 Å². The molecule has 0 atom stereocenters. The molecule has 0 aliphatic heterocycles. The number of aromatic nitrogens is 1. The van der Waals surface area contributed by atoms with Crippen LogP contribution in [0.15, 0.2) is 66.7 Å². The van der Waals surface area contributed by atoms with E-state index in [4.69, 9.17) is 9.72 Å². The van der Waals surface area contributed by atoms with Crippen molar-refractivity contribution < 1.29 is 9.84 Å². The zero-order chi connectivity index (χ0) is 15.8. The summed E-state index contributed by atoms with van der Waals surface area (Å²) in [5, 5.41) is 12.9. The number of phenolic OH excluding ortho intramolecular Hbond substituents is 1. The number of ether oxygens (including phenoxy) is 1. The fourth-order valence-electron chi connectivity index (χ4n) is 2.99. The summed E-state index contributed by atoms with van der Waals surface area (Å²) in [4.78, 5) is 4.85. The molecule has 1 N–H and O–H groups in total. The van der Waals surface area contributed by atoms with Crippen LogP contribution in [0.25, 0.3) is 32.9 Å². The molecule has 23 heavy (non-hydrogen) atoms. The third kappa shape index (κ3) is 2.18. The van der Waals surface area contributed by atoms with Gasteiger partial charge in [-0.3, -0.25) is 0 Å². The van der Waals surface area contributed by atoms with Gasteiger partial charge in [0, 0.05) is 16.3 Å². The molecule has 4 rings (SSSR count). The molecule has 3 nitrogen and oxygen atoms in total. The molecule has 0 aliphatic rings. The van der Waals surface area contributed by atoms with Crippen LogP contribution in [0, 0.1) is 0 Å². The third-order valence-corrected chi connectivity index (χ3v) is 4.05. The van der Waals surface area contributed by atoms with E-state index >= 15 is 0 Å². The Kier molecular flexibility index (Phi) is 3.12. The minimum absolute atomic E-state index is 0.250. The van der Waals surface area contributed by atoms with Gasteiger partial charge in [-0.1, -0.05) is 30.3 Å². The number of fused-ring (bicyclic) bond motifs is 3. The fraction of sp³-hybridized carbons (Fsp3) is 0.0500. The molecule has 0 bridgehead atoms. The predicted octanol–water partition coefficient (Wildman–Crippen LogP) is 4.77. The number of hydrogen-bond acceptors (Lipinski definition) is 3. The minimum Gasteiger partial charge on any atom is -0.508 e. The monoisotopic (exact) mass is 301 g/mol. The maximum absolute atomic E-state index is 9.91. The summed E-state index contributed by atoms with van der Waals surface area (Å²) in [6.45, 7) is 0. The zero-order valence-corrected chi connectivity index (χ0v) is 12.7. The molecule has 0 aliphatic carbocycles. The lowest BCUT2D eigenvalue weighted by Gasteiger charge is -2.13. The van der Waals surface area contributed by atoms with Gasteiger partial charge in [0.15, 0.2) is 0 Å². The first-order chi connectivity index (χ1) is 11.3. The molecule has 0 radical (unpaired) electrons. The lowest BCUT2D eigenvalue weighted by Crippen LogP contribution is -1.93. The summed E-state index contributed by atoms with van der Waals surface area (Å²) in [6.07, 6.45) is 0. The Bertz CT molecular complexity index is 1020. The summed E-state index contributed by atoms with van der Waals surface area (Å²) >= 11 is 0. The van der Waals surface area contributed by atoms with Gasteiger partial charge >= 0.3 is 0 Å². The van der Waals surface area contributed by atoms with Crippen LogP contribution in [0.1, 0.15) is 0 Å². The van der Waals surface area contributed by atoms with E-state index in [1.807, 2.05) is 54.6 Å². The SMILES string of the molecule is COc1ccccc1-c1nc2ccccc2c2cc(O)ccc12. The average molecular weight is 301 g/mol. The van der Waals surface area contributed by atoms with E-state index in [9.17, 15) is 5.11 Å². The molecule has 0 spiro atoms. The predicted molar refractivity (Wildman–Crippen MR) is 92.9 cm³/mol. The topological polar surface area (TPSA) is 42.4 Å². The van der Waals surface area contributed by atoms with E-state index in [0.717, 1.165) is 38.7 Å². The first kappa shape index (κ1) is 13.6. The van der Waals surface area contributed by atoms with Gasteiger partial charge in [0.1, 0.15) is 11.5 Å². The molecule has 0 amide bonds. The Morgan fingerprint density at radius 2 is 1.61 bits per heavy atom. The van der Waals surface area contributed by atoms with Gasteiger partial charge in [-0.15, -0.1) is 0 Å². The Balaban J connectivity index is 2.17. The molecule has 3 aromatic carbocycles. The van der Waals surface area contributed by atoms with Gasteiger partial charge in [0.2, 0.25) is 0 Å². The highest BCUT2D eigenvalue weighted by Gasteiger charge is 2.13. The van der Waals surface area contributed by atoms with Crippen LogP contribution in [-0.4, -0.2) is 17.2 Å². The Labute approximate surface area is 133 Å². The molecule has 0 saturated heterocycles. The van der Waals surface area contributed by atoms with Crippen molar-refractivity contribution in [3.63, 3.8) is 0 Å². The van der Waals surface area contributed by atoms with Crippen LogP contribution >= 0.6 is 0 Å². The molecule has 1 aromatic heterocycles. The second-order valence-corrected chi connectivity index (χ2v) is 5.41. The minimum atomic E-state index is 0.250. The standard InChI is InChI=1S/C20H15NO2/c1-23-19-9-5-3-7-16(19)20-15-11-10-13(22)12-17(15)14-6-2-4-8-18(14)21-20/h2-12,22H,1H3. The smallest absolute Gasteiger partial charge is 0.128 e. The summed E-state index contributed by atoms with van der Waals surface area (Å²) in [6, 6.07) is 21.2. The van der Waals surface area contributed by atoms with Crippen molar-refractivity contribution in [2.75, 3.05) is 7.11 Å². The highest BCUT2D eigenvalue weighted by Crippen LogP contribution is 2.37. The number of nitrogens with zero attached hydrogens (tertiary/aromatic N) is 1. The quantitative estimate of drug-likeness (QED) is 0.542. The number of pyridine rings is 1. The number of rotatable bonds is 2. The van der Waals surface area contributed by atoms with E-state index in [2.05, 4.69) is 0 Å². The molecule has 0 fully saturated rings. The third-order valence-electron chi connectivity index (χ3n) is 4.05. The van der Waals surface area contributed by atoms with Gasteiger partial charge in [-0.2, -0.15) is 0 Å². The summed E-state index contributed by atoms with van der Waals surface area (Å²) < 4.78 is 5.50. The van der Waals surface area contributed by atoms with Gasteiger partial charge < -0.3 is 9.84 Å². The average Bonchev–Trinajstić information content (AvgIpc) is 2.61. The van der Waals surface area contributed by atoms with Gasteiger partial charge in [0.25, 0.3) is 0 Å². The Morgan fingerprint density at radius 3 is 2.48 bits per heavy atom. The Morgan fingerprint density at radius 1 is 0.826 bits per heavy atom. The van der Waals surface area contributed by atoms with Gasteiger partial charge in [-0.25, -0.2) is 4.98 Å². The van der Waals surface area contributed by atoms with Crippen molar-refractivity contribution in [1.29, 1.82) is 0 Å². The van der Waals surface area contributed by atoms with E-state index in [0.29, 0.717) is 0 Å². The molecule has 0 saturated carbocycles. The van der Waals surface area contributed by atoms with E-state index < -0.39 is 0 Å². The fourth-order valence-corrected chi connectivity index (χ4v) is 2.99. The number of para-hydroxylation sites is 2. The highest BCUT2D eigenvalue weighted by atomic mass is 16.5. The normalized spacial score (nSPS) is 11.0. The van der Waals surface area contributed by atoms with Crippen LogP contribution < -0.4 is 4.74 Å². The first-order valence-corrected chi connectivity index (χ1v) is 7.43. The van der Waals surface area contributed by atoms with Crippen molar-refractivity contribution in [2.24, 2.45) is 0 Å². The molecular formula is C20H15NO2. The maximum atomic E-state index is 9.91. The van der Waals surface area contributed by atoms with Crippen LogP contribution in [0.2, 0.25) is 0 Å². The highest BCUT2D eigenvalue weighted by molar-refractivity contribution is 6.11. The van der Waals surface area contributed by atoms with Gasteiger partial charge in [-0.05, 0) is 41.8 Å². The second-order valence-electron chi connectivity index (χ2n) is 5.41. The molecule has 112 valence electrons. The van der Waals surface area contributed by atoms with Gasteiger partial charge in [0.05, 0.1) is 18.3 Å². The van der Waals surface area contributed by atoms with Crippen LogP contribution in [0.4, 0.5) is 0 Å². The van der Waals surface area contributed by atoms with E-state index in [-0.39, 0.29) is 5.75 Å². The summed E-state index contributed by atoms with van der Waals surface area (Å²) in [5.74, 6) is 1.03. The van der Waals surface area contributed by atoms with E-state index in [1.54, 1.807) is 19.2 Å². The number of aromatic hydroxyl groups is 1. The van der Waals surface area contributed by atoms with E-state index in [1.165, 1.54) is 0 Å². The number of benzene rings is 3. The molecule has 3 heteroatoms. The zero-order valence-electron chi connectivity index (χ0n) is 12.7. The van der Waals surface area contributed by atoms with Crippen molar-refractivity contribution >= 4 is 21.7 Å². The number of hydrogen-bond donors (Lipinski definition) is 1. The van der Waals surface area contributed by atoms with Crippen molar-refractivity contribution in [3.8, 4) is 22.8 Å². The largest absolute Gasteiger partial charge is 0.508 e. The van der Waals surface area contributed by atoms with Crippen molar-refractivity contribution in [3.05, 3.63) is 66.7 Å². The second kappa shape index (κ2) is 5.29. The lowest BCUT2D eigenvalue weighted by molar-refractivity contribution is 0.416. The summed E-state index contributed by atoms with van der Waals surface area (Å²) in [5.41, 5.74) is 2.69. The molecule has 1 heterocycles. The molecular weight excluding hydrogens is 286 g/mol. The van der Waals surface area contributed by atoms with Crippen LogP contribution in [0.5, 0.6) is 11.5 Å². The lowest BCUT2D eigenvalue weighted by atomic mass is 9.99. The number of phenols is 1. The Hall–Kier alpha value is -3.07. The molecule has 4 aromatic rings. The van der Waals surface area contributed by atoms with Crippen LogP contribution in [0.3, 0.4) is 0 Å². The number of methoxy groups -OCH3 is 1. The first-order valence-electron chi connectivity index (χ1n) is 7.43. The molecule has 0 unspecified atom stereocenters. The van der Waals surface area contributed by atoms with Crippen LogP contribution in [-0.2, 0) is 0 Å². The summed E-state index contributed by atoms with van der Waals surface area (Å²) in [7, 11) is 1.66.